The van der Waals surface area contributed by atoms with Crippen molar-refractivity contribution in [2.75, 3.05) is 19.6 Å². The van der Waals surface area contributed by atoms with E-state index in [1.807, 2.05) is 17.0 Å². The number of hydrogen-bond acceptors (Lipinski definition) is 4. The Labute approximate surface area is 162 Å². The van der Waals surface area contributed by atoms with E-state index in [0.29, 0.717) is 4.88 Å². The van der Waals surface area contributed by atoms with E-state index in [-0.39, 0.29) is 17.7 Å². The zero-order valence-corrected chi connectivity index (χ0v) is 16.1. The predicted octanol–water partition coefficient (Wildman–Crippen LogP) is 4.62. The Morgan fingerprint density at radius 3 is 2.56 bits per heavy atom. The van der Waals surface area contributed by atoms with Crippen molar-refractivity contribution >= 4 is 17.2 Å². The largest absolute Gasteiger partial charge is 0.435 e. The fourth-order valence-corrected chi connectivity index (χ4v) is 4.33. The van der Waals surface area contributed by atoms with Gasteiger partial charge in [-0.25, -0.2) is 0 Å². The van der Waals surface area contributed by atoms with Crippen LogP contribution >= 0.6 is 11.3 Å². The van der Waals surface area contributed by atoms with Crippen molar-refractivity contribution in [2.45, 2.75) is 38.8 Å². The second kappa shape index (κ2) is 9.28. The number of hydrogen-bond donors (Lipinski definition) is 1. The molecule has 146 valence electrons. The summed E-state index contributed by atoms with van der Waals surface area (Å²) in [5.74, 6) is 0.208. The first-order valence-corrected chi connectivity index (χ1v) is 10.1. The van der Waals surface area contributed by atoms with Crippen LogP contribution in [0.5, 0.6) is 5.75 Å². The highest BCUT2D eigenvalue weighted by atomic mass is 32.1. The summed E-state index contributed by atoms with van der Waals surface area (Å²) in [6.45, 7) is 1.91. The number of carbonyl (C=O) groups excluding carboxylic acids is 1. The molecule has 27 heavy (non-hydrogen) atoms. The smallest absolute Gasteiger partial charge is 0.387 e. The number of carbonyl (C=O) groups is 1. The zero-order chi connectivity index (χ0) is 19.2. The lowest BCUT2D eigenvalue weighted by atomic mass is 10.0. The number of nitrogens with zero attached hydrogens (tertiary/aromatic N) is 1. The fraction of sp³-hybridized carbons (Fsp3) is 0.450. The molecule has 1 N–H and O–H groups in total. The van der Waals surface area contributed by atoms with Crippen molar-refractivity contribution < 1.29 is 18.3 Å². The van der Waals surface area contributed by atoms with Gasteiger partial charge >= 0.3 is 6.61 Å². The van der Waals surface area contributed by atoms with Crippen LogP contribution in [0.3, 0.4) is 0 Å². The Bertz CT molecular complexity index is 743. The van der Waals surface area contributed by atoms with E-state index in [1.165, 1.54) is 23.5 Å². The third kappa shape index (κ3) is 5.05. The number of halogens is 2. The van der Waals surface area contributed by atoms with E-state index in [1.54, 1.807) is 12.1 Å². The third-order valence-corrected chi connectivity index (χ3v) is 5.78. The Balaban J connectivity index is 1.74. The van der Waals surface area contributed by atoms with Gasteiger partial charge in [0.1, 0.15) is 5.75 Å². The Morgan fingerprint density at radius 1 is 1.22 bits per heavy atom. The summed E-state index contributed by atoms with van der Waals surface area (Å²) in [6.07, 6.45) is 2.89. The van der Waals surface area contributed by atoms with Crippen LogP contribution in [0.1, 0.15) is 35.9 Å². The molecule has 4 nitrogen and oxygen atoms in total. The van der Waals surface area contributed by atoms with E-state index >= 15 is 0 Å². The zero-order valence-electron chi connectivity index (χ0n) is 15.3. The molecule has 1 fully saturated rings. The first-order valence-electron chi connectivity index (χ1n) is 9.25. The monoisotopic (exact) mass is 394 g/mol. The quantitative estimate of drug-likeness (QED) is 0.745. The number of alkyl halides is 2. The molecule has 0 saturated carbocycles. The summed E-state index contributed by atoms with van der Waals surface area (Å²) in [5, 5.41) is 3.34. The van der Waals surface area contributed by atoms with Crippen molar-refractivity contribution in [1.29, 1.82) is 0 Å². The average molecular weight is 394 g/mol. The number of rotatable bonds is 7. The third-order valence-electron chi connectivity index (χ3n) is 4.66. The Morgan fingerprint density at radius 2 is 1.93 bits per heavy atom. The molecule has 1 aliphatic heterocycles. The standard InChI is InChI=1S/C20H24F2N2O2S/c1-2-13-24(15-9-11-23-12-10-15)19(25)18-8-7-17(27-18)14-3-5-16(6-4-14)26-20(21)22/h3-8,15,20,23H,2,9-13H2,1H3. The van der Waals surface area contributed by atoms with Gasteiger partial charge in [-0.1, -0.05) is 6.92 Å². The summed E-state index contributed by atoms with van der Waals surface area (Å²) in [6, 6.07) is 10.5. The first kappa shape index (κ1) is 19.8. The van der Waals surface area contributed by atoms with Crippen molar-refractivity contribution in [1.82, 2.24) is 10.2 Å². The molecule has 0 radical (unpaired) electrons. The van der Waals surface area contributed by atoms with E-state index < -0.39 is 6.61 Å². The number of ether oxygens (including phenoxy) is 1. The summed E-state index contributed by atoms with van der Waals surface area (Å²) < 4.78 is 28.9. The maximum Gasteiger partial charge on any atom is 0.387 e. The maximum absolute atomic E-state index is 13.1. The fourth-order valence-electron chi connectivity index (χ4n) is 3.36. The van der Waals surface area contributed by atoms with Gasteiger partial charge in [-0.05, 0) is 74.3 Å². The van der Waals surface area contributed by atoms with E-state index in [9.17, 15) is 13.6 Å². The van der Waals surface area contributed by atoms with Crippen molar-refractivity contribution in [3.63, 3.8) is 0 Å². The average Bonchev–Trinajstić information content (AvgIpc) is 3.16. The van der Waals surface area contributed by atoms with Crippen LogP contribution in [0, 0.1) is 0 Å². The van der Waals surface area contributed by atoms with Crippen molar-refractivity contribution in [3.05, 3.63) is 41.3 Å². The molecule has 2 heterocycles. The van der Waals surface area contributed by atoms with Crippen molar-refractivity contribution in [2.24, 2.45) is 0 Å². The molecule has 1 saturated heterocycles. The molecule has 0 atom stereocenters. The van der Waals surface area contributed by atoms with E-state index in [2.05, 4.69) is 17.0 Å². The highest BCUT2D eigenvalue weighted by molar-refractivity contribution is 7.17. The molecule has 2 aromatic rings. The van der Waals surface area contributed by atoms with E-state index in [4.69, 9.17) is 0 Å². The van der Waals surface area contributed by atoms with Gasteiger partial charge in [-0.3, -0.25) is 4.79 Å². The minimum atomic E-state index is -2.83. The molecular weight excluding hydrogens is 370 g/mol. The topological polar surface area (TPSA) is 41.6 Å². The highest BCUT2D eigenvalue weighted by Gasteiger charge is 2.26. The molecule has 1 aromatic heterocycles. The lowest BCUT2D eigenvalue weighted by Crippen LogP contribution is -2.46. The number of nitrogens with one attached hydrogen (secondary N) is 1. The Kier molecular flexibility index (Phi) is 6.79. The summed E-state index contributed by atoms with van der Waals surface area (Å²) >= 11 is 1.44. The number of benzene rings is 1. The van der Waals surface area contributed by atoms with Gasteiger partial charge in [0.05, 0.1) is 4.88 Å². The van der Waals surface area contributed by atoms with Crippen LogP contribution in [-0.4, -0.2) is 43.1 Å². The number of piperidine rings is 1. The van der Waals surface area contributed by atoms with Gasteiger partial charge in [0.15, 0.2) is 0 Å². The molecule has 1 amide bonds. The molecule has 3 rings (SSSR count). The molecule has 0 spiro atoms. The summed E-state index contributed by atoms with van der Waals surface area (Å²) in [4.78, 5) is 16.7. The molecule has 0 bridgehead atoms. The molecule has 0 aliphatic carbocycles. The second-order valence-electron chi connectivity index (χ2n) is 6.55. The number of amides is 1. The van der Waals surface area contributed by atoms with Crippen LogP contribution in [0.4, 0.5) is 8.78 Å². The predicted molar refractivity (Wildman–Crippen MR) is 104 cm³/mol. The summed E-state index contributed by atoms with van der Waals surface area (Å²) in [5.41, 5.74) is 0.879. The molecule has 1 aromatic carbocycles. The maximum atomic E-state index is 13.1. The normalized spacial score (nSPS) is 15.1. The first-order chi connectivity index (χ1) is 13.1. The lowest BCUT2D eigenvalue weighted by Gasteiger charge is -2.34. The SMILES string of the molecule is CCCN(C(=O)c1ccc(-c2ccc(OC(F)F)cc2)s1)C1CCNCC1. The van der Waals surface area contributed by atoms with Gasteiger partial charge in [-0.2, -0.15) is 8.78 Å². The minimum absolute atomic E-state index is 0.0812. The van der Waals surface area contributed by atoms with Crippen LogP contribution in [0.15, 0.2) is 36.4 Å². The lowest BCUT2D eigenvalue weighted by molar-refractivity contribution is -0.0498. The van der Waals surface area contributed by atoms with Gasteiger partial charge < -0.3 is 15.0 Å². The molecular formula is C20H24F2N2O2S. The van der Waals surface area contributed by atoms with Crippen LogP contribution in [0.2, 0.25) is 0 Å². The van der Waals surface area contributed by atoms with Crippen LogP contribution < -0.4 is 10.1 Å². The van der Waals surface area contributed by atoms with Gasteiger partial charge in [0.25, 0.3) is 5.91 Å². The number of thiophene rings is 1. The molecule has 1 aliphatic rings. The van der Waals surface area contributed by atoms with E-state index in [0.717, 1.165) is 49.3 Å². The van der Waals surface area contributed by atoms with Gasteiger partial charge in [0, 0.05) is 17.5 Å². The minimum Gasteiger partial charge on any atom is -0.435 e. The van der Waals surface area contributed by atoms with Crippen LogP contribution in [0.25, 0.3) is 10.4 Å². The molecule has 7 heteroatoms. The molecule has 0 unspecified atom stereocenters. The van der Waals surface area contributed by atoms with Gasteiger partial charge in [0.2, 0.25) is 0 Å². The van der Waals surface area contributed by atoms with Gasteiger partial charge in [-0.15, -0.1) is 11.3 Å². The van der Waals surface area contributed by atoms with Crippen molar-refractivity contribution in [3.8, 4) is 16.2 Å². The second-order valence-corrected chi connectivity index (χ2v) is 7.63. The Hall–Kier alpha value is -1.99. The summed E-state index contributed by atoms with van der Waals surface area (Å²) in [7, 11) is 0. The van der Waals surface area contributed by atoms with Crippen LogP contribution in [-0.2, 0) is 0 Å². The highest BCUT2D eigenvalue weighted by Crippen LogP contribution is 2.31.